The van der Waals surface area contributed by atoms with Gasteiger partial charge in [-0.05, 0) is 19.9 Å². The van der Waals surface area contributed by atoms with Gasteiger partial charge in [-0.1, -0.05) is 0 Å². The maximum absolute atomic E-state index is 11.7. The molecule has 1 unspecified atom stereocenters. The summed E-state index contributed by atoms with van der Waals surface area (Å²) in [4.78, 5) is 24.1. The van der Waals surface area contributed by atoms with Crippen molar-refractivity contribution >= 4 is 28.9 Å². The molecule has 1 rings (SSSR count). The monoisotopic (exact) mass is 242 g/mol. The van der Waals surface area contributed by atoms with Crippen LogP contribution in [0.15, 0.2) is 6.07 Å². The summed E-state index contributed by atoms with van der Waals surface area (Å²) in [6.07, 6.45) is 0. The average Bonchev–Trinajstić information content (AvgIpc) is 2.58. The zero-order valence-electron chi connectivity index (χ0n) is 9.37. The number of nitrogens with one attached hydrogen (secondary N) is 1. The molecule has 1 heterocycles. The molecule has 0 saturated heterocycles. The van der Waals surface area contributed by atoms with Crippen molar-refractivity contribution in [3.05, 3.63) is 15.8 Å². The largest absolute Gasteiger partial charge is 0.467 e. The molecule has 0 saturated carbocycles. The van der Waals surface area contributed by atoms with Gasteiger partial charge in [0.05, 0.1) is 12.0 Å². The number of amides is 1. The van der Waals surface area contributed by atoms with Gasteiger partial charge in [-0.3, -0.25) is 4.79 Å². The second-order valence-electron chi connectivity index (χ2n) is 3.34. The number of nitrogens with two attached hydrogens (primary N) is 1. The number of thiophene rings is 1. The highest BCUT2D eigenvalue weighted by atomic mass is 32.1. The molecule has 6 heteroatoms. The molecule has 0 aliphatic rings. The van der Waals surface area contributed by atoms with Crippen molar-refractivity contribution < 1.29 is 14.3 Å². The van der Waals surface area contributed by atoms with Gasteiger partial charge in [0.25, 0.3) is 5.91 Å². The molecule has 1 aromatic heterocycles. The van der Waals surface area contributed by atoms with E-state index in [4.69, 9.17) is 5.73 Å². The zero-order chi connectivity index (χ0) is 12.3. The first-order valence-corrected chi connectivity index (χ1v) is 5.52. The van der Waals surface area contributed by atoms with E-state index in [2.05, 4.69) is 10.1 Å². The molecule has 0 aliphatic carbocycles. The highest BCUT2D eigenvalue weighted by molar-refractivity contribution is 7.14. The predicted octanol–water partition coefficient (Wildman–Crippen LogP) is 0.930. The molecule has 1 amide bonds. The molecule has 16 heavy (non-hydrogen) atoms. The summed E-state index contributed by atoms with van der Waals surface area (Å²) >= 11 is 1.29. The van der Waals surface area contributed by atoms with Gasteiger partial charge in [-0.2, -0.15) is 0 Å². The van der Waals surface area contributed by atoms with Crippen molar-refractivity contribution in [1.29, 1.82) is 0 Å². The first kappa shape index (κ1) is 12.5. The van der Waals surface area contributed by atoms with Crippen LogP contribution in [0.3, 0.4) is 0 Å². The van der Waals surface area contributed by atoms with Gasteiger partial charge in [-0.15, -0.1) is 11.3 Å². The molecule has 1 aromatic rings. The van der Waals surface area contributed by atoms with Crippen molar-refractivity contribution in [2.75, 3.05) is 12.8 Å². The molecule has 1 atom stereocenters. The second-order valence-corrected chi connectivity index (χ2v) is 4.60. The number of hydrogen-bond donors (Lipinski definition) is 2. The number of ether oxygens (including phenoxy) is 1. The third-order valence-corrected chi connectivity index (χ3v) is 3.15. The van der Waals surface area contributed by atoms with Crippen LogP contribution in [0.4, 0.5) is 5.69 Å². The van der Waals surface area contributed by atoms with Gasteiger partial charge in [0.2, 0.25) is 0 Å². The minimum Gasteiger partial charge on any atom is -0.467 e. The van der Waals surface area contributed by atoms with Crippen LogP contribution in [0.1, 0.15) is 21.5 Å². The van der Waals surface area contributed by atoms with E-state index in [1.807, 2.05) is 6.92 Å². The molecule has 3 N–H and O–H groups in total. The molecule has 0 spiro atoms. The van der Waals surface area contributed by atoms with Crippen LogP contribution < -0.4 is 11.1 Å². The van der Waals surface area contributed by atoms with Crippen molar-refractivity contribution in [3.63, 3.8) is 0 Å². The number of methoxy groups -OCH3 is 1. The number of esters is 1. The highest BCUT2D eigenvalue weighted by Crippen LogP contribution is 2.23. The first-order valence-electron chi connectivity index (χ1n) is 4.70. The van der Waals surface area contributed by atoms with E-state index in [1.165, 1.54) is 18.4 Å². The Morgan fingerprint density at radius 1 is 1.56 bits per heavy atom. The fraction of sp³-hybridized carbons (Fsp3) is 0.400. The molecule has 0 bridgehead atoms. The Bertz CT molecular complexity index is 395. The van der Waals surface area contributed by atoms with Crippen LogP contribution in [-0.2, 0) is 9.53 Å². The summed E-state index contributed by atoms with van der Waals surface area (Å²) in [5.74, 6) is -0.794. The predicted molar refractivity (Wildman–Crippen MR) is 62.4 cm³/mol. The smallest absolute Gasteiger partial charge is 0.328 e. The van der Waals surface area contributed by atoms with E-state index in [-0.39, 0.29) is 5.91 Å². The first-order chi connectivity index (χ1) is 7.45. The average molecular weight is 242 g/mol. The van der Waals surface area contributed by atoms with Gasteiger partial charge in [-0.25, -0.2) is 4.79 Å². The third kappa shape index (κ3) is 2.73. The second kappa shape index (κ2) is 4.98. The molecular weight excluding hydrogens is 228 g/mol. The Morgan fingerprint density at radius 2 is 2.19 bits per heavy atom. The molecule has 5 nitrogen and oxygen atoms in total. The topological polar surface area (TPSA) is 81.4 Å². The Morgan fingerprint density at radius 3 is 2.62 bits per heavy atom. The fourth-order valence-electron chi connectivity index (χ4n) is 1.11. The SMILES string of the molecule is COC(=O)C(C)NC(=O)c1cc(N)c(C)s1. The van der Waals surface area contributed by atoms with Crippen LogP contribution in [-0.4, -0.2) is 25.0 Å². The van der Waals surface area contributed by atoms with Gasteiger partial charge >= 0.3 is 5.97 Å². The van der Waals surface area contributed by atoms with Gasteiger partial charge in [0.1, 0.15) is 6.04 Å². The standard InChI is InChI=1S/C10H14N2O3S/c1-5(10(14)15-3)12-9(13)8-4-7(11)6(2)16-8/h4-5H,11H2,1-3H3,(H,12,13). The normalized spacial score (nSPS) is 11.9. The van der Waals surface area contributed by atoms with Crippen LogP contribution in [0.5, 0.6) is 0 Å². The molecule has 0 aliphatic heterocycles. The molecular formula is C10H14N2O3S. The maximum atomic E-state index is 11.7. The summed E-state index contributed by atoms with van der Waals surface area (Å²) in [5.41, 5.74) is 6.22. The quantitative estimate of drug-likeness (QED) is 0.773. The minimum atomic E-state index is -0.666. The lowest BCUT2D eigenvalue weighted by molar-refractivity contribution is -0.142. The van der Waals surface area contributed by atoms with Gasteiger partial charge in [0, 0.05) is 10.6 Å². The Labute approximate surface area is 97.6 Å². The van der Waals surface area contributed by atoms with E-state index < -0.39 is 12.0 Å². The van der Waals surface area contributed by atoms with E-state index in [9.17, 15) is 9.59 Å². The van der Waals surface area contributed by atoms with Crippen LogP contribution in [0, 0.1) is 6.92 Å². The minimum absolute atomic E-state index is 0.317. The van der Waals surface area contributed by atoms with Crippen LogP contribution in [0.25, 0.3) is 0 Å². The number of anilines is 1. The number of aryl methyl sites for hydroxylation is 1. The summed E-state index contributed by atoms with van der Waals surface area (Å²) in [7, 11) is 1.28. The lowest BCUT2D eigenvalue weighted by Gasteiger charge is -2.10. The number of carbonyl (C=O) groups is 2. The van der Waals surface area contributed by atoms with Crippen molar-refractivity contribution in [1.82, 2.24) is 5.32 Å². The summed E-state index contributed by atoms with van der Waals surface area (Å²) in [6.45, 7) is 3.40. The van der Waals surface area contributed by atoms with E-state index in [0.29, 0.717) is 10.6 Å². The van der Waals surface area contributed by atoms with E-state index in [0.717, 1.165) is 4.88 Å². The summed E-state index contributed by atoms with van der Waals surface area (Å²) in [6, 6.07) is 0.931. The molecule has 0 radical (unpaired) electrons. The fourth-order valence-corrected chi connectivity index (χ4v) is 1.96. The number of hydrogen-bond acceptors (Lipinski definition) is 5. The van der Waals surface area contributed by atoms with Crippen LogP contribution in [0.2, 0.25) is 0 Å². The zero-order valence-corrected chi connectivity index (χ0v) is 10.2. The molecule has 88 valence electrons. The number of nitrogen functional groups attached to an aromatic ring is 1. The lowest BCUT2D eigenvalue weighted by Crippen LogP contribution is -2.38. The summed E-state index contributed by atoms with van der Waals surface area (Å²) in [5, 5.41) is 2.53. The van der Waals surface area contributed by atoms with Crippen LogP contribution >= 0.6 is 11.3 Å². The van der Waals surface area contributed by atoms with Crippen molar-refractivity contribution in [2.45, 2.75) is 19.9 Å². The number of carbonyl (C=O) groups excluding carboxylic acids is 2. The van der Waals surface area contributed by atoms with E-state index in [1.54, 1.807) is 13.0 Å². The van der Waals surface area contributed by atoms with Crippen molar-refractivity contribution in [3.8, 4) is 0 Å². The van der Waals surface area contributed by atoms with E-state index >= 15 is 0 Å². The van der Waals surface area contributed by atoms with Crippen molar-refractivity contribution in [2.24, 2.45) is 0 Å². The summed E-state index contributed by atoms with van der Waals surface area (Å²) < 4.78 is 4.50. The van der Waals surface area contributed by atoms with Gasteiger partial charge in [0.15, 0.2) is 0 Å². The Kier molecular flexibility index (Phi) is 3.89. The number of rotatable bonds is 3. The molecule has 0 aromatic carbocycles. The highest BCUT2D eigenvalue weighted by Gasteiger charge is 2.18. The molecule has 0 fully saturated rings. The Balaban J connectivity index is 2.69. The van der Waals surface area contributed by atoms with Gasteiger partial charge < -0.3 is 15.8 Å². The Hall–Kier alpha value is -1.56. The maximum Gasteiger partial charge on any atom is 0.328 e. The lowest BCUT2D eigenvalue weighted by atomic mass is 10.3. The third-order valence-electron chi connectivity index (χ3n) is 2.08.